The average molecular weight is 109 g/mol. The third-order valence-electron chi connectivity index (χ3n) is 1.14. The monoisotopic (exact) mass is 109 g/mol. The van der Waals surface area contributed by atoms with Gasteiger partial charge >= 0.3 is 0 Å². The molecule has 1 heterocycles. The highest BCUT2D eigenvalue weighted by Gasteiger charge is 1.88. The molecule has 2 heteroatoms. The molecule has 0 bridgehead atoms. The van der Waals surface area contributed by atoms with Crippen LogP contribution in [0.25, 0.3) is 0 Å². The van der Waals surface area contributed by atoms with Gasteiger partial charge in [-0.1, -0.05) is 0 Å². The Morgan fingerprint density at radius 1 is 1.88 bits per heavy atom. The molecule has 0 spiro atoms. The molecule has 0 aliphatic carbocycles. The highest BCUT2D eigenvalue weighted by molar-refractivity contribution is 5.00. The number of aromatic nitrogens is 2. The van der Waals surface area contributed by atoms with E-state index >= 15 is 0 Å². The van der Waals surface area contributed by atoms with Crippen LogP contribution in [-0.4, -0.2) is 9.55 Å². The lowest BCUT2D eigenvalue weighted by atomic mass is 10.5. The van der Waals surface area contributed by atoms with Crippen LogP contribution in [0.3, 0.4) is 0 Å². The summed E-state index contributed by atoms with van der Waals surface area (Å²) >= 11 is 0. The minimum atomic E-state index is 0.957. The molecule has 0 saturated heterocycles. The molecule has 1 radical (unpaired) electrons. The van der Waals surface area contributed by atoms with Gasteiger partial charge in [0.2, 0.25) is 0 Å². The molecule has 8 heavy (non-hydrogen) atoms. The van der Waals surface area contributed by atoms with Crippen LogP contribution in [0.4, 0.5) is 0 Å². The lowest BCUT2D eigenvalue weighted by molar-refractivity contribution is 0.749. The molecule has 0 saturated carbocycles. The first-order valence-corrected chi connectivity index (χ1v) is 2.66. The van der Waals surface area contributed by atoms with Crippen molar-refractivity contribution in [1.82, 2.24) is 9.55 Å². The van der Waals surface area contributed by atoms with E-state index < -0.39 is 0 Å². The molecule has 0 aromatic carbocycles. The molecule has 1 aromatic heterocycles. The summed E-state index contributed by atoms with van der Waals surface area (Å²) in [7, 11) is 0. The van der Waals surface area contributed by atoms with Gasteiger partial charge < -0.3 is 4.57 Å². The van der Waals surface area contributed by atoms with E-state index in [0.717, 1.165) is 12.2 Å². The van der Waals surface area contributed by atoms with E-state index in [2.05, 4.69) is 18.8 Å². The van der Waals surface area contributed by atoms with Gasteiger partial charge in [0.15, 0.2) is 0 Å². The van der Waals surface area contributed by atoms with Gasteiger partial charge in [-0.3, -0.25) is 0 Å². The fourth-order valence-electron chi connectivity index (χ4n) is 0.633. The lowest BCUT2D eigenvalue weighted by Gasteiger charge is -1.95. The molecule has 2 nitrogen and oxygen atoms in total. The molecular formula is C6H9N2. The molecule has 1 aromatic rings. The minimum Gasteiger partial charge on any atom is -0.335 e. The van der Waals surface area contributed by atoms with E-state index in [4.69, 9.17) is 0 Å². The second kappa shape index (κ2) is 1.99. The molecule has 1 rings (SSSR count). The van der Waals surface area contributed by atoms with Gasteiger partial charge in [-0.2, -0.15) is 0 Å². The molecule has 0 N–H and O–H groups in total. The molecule has 0 fully saturated rings. The van der Waals surface area contributed by atoms with Crippen LogP contribution in [-0.2, 0) is 6.54 Å². The van der Waals surface area contributed by atoms with Crippen molar-refractivity contribution in [3.05, 3.63) is 25.1 Å². The third kappa shape index (κ3) is 0.735. The van der Waals surface area contributed by atoms with Crippen LogP contribution >= 0.6 is 0 Å². The quantitative estimate of drug-likeness (QED) is 0.527. The van der Waals surface area contributed by atoms with Gasteiger partial charge in [0, 0.05) is 18.4 Å². The summed E-state index contributed by atoms with van der Waals surface area (Å²) in [6.07, 6.45) is 3.53. The Bertz CT molecular complexity index is 167. The molecule has 0 amide bonds. The first-order chi connectivity index (χ1) is 3.84. The maximum atomic E-state index is 3.89. The maximum Gasteiger partial charge on any atom is 0.0948 e. The van der Waals surface area contributed by atoms with Gasteiger partial charge in [-0.15, -0.1) is 0 Å². The Morgan fingerprint density at radius 2 is 2.62 bits per heavy atom. The number of rotatable bonds is 1. The molecule has 0 aliphatic rings. The van der Waals surface area contributed by atoms with Crippen LogP contribution in [0.15, 0.2) is 12.5 Å². The predicted molar refractivity (Wildman–Crippen MR) is 32.4 cm³/mol. The van der Waals surface area contributed by atoms with Crippen molar-refractivity contribution in [3.8, 4) is 0 Å². The molecule has 43 valence electrons. The van der Waals surface area contributed by atoms with E-state index in [1.165, 1.54) is 0 Å². The predicted octanol–water partition coefficient (Wildman–Crippen LogP) is 1.09. The Kier molecular flexibility index (Phi) is 1.33. The van der Waals surface area contributed by atoms with E-state index in [0.29, 0.717) is 0 Å². The zero-order valence-electron chi connectivity index (χ0n) is 4.96. The van der Waals surface area contributed by atoms with Crippen molar-refractivity contribution in [2.75, 3.05) is 0 Å². The van der Waals surface area contributed by atoms with Crippen molar-refractivity contribution in [3.63, 3.8) is 0 Å². The third-order valence-corrected chi connectivity index (χ3v) is 1.14. The van der Waals surface area contributed by atoms with Gasteiger partial charge in [0.05, 0.1) is 6.33 Å². The smallest absolute Gasteiger partial charge is 0.0948 e. The van der Waals surface area contributed by atoms with Crippen molar-refractivity contribution in [2.24, 2.45) is 0 Å². The summed E-state index contributed by atoms with van der Waals surface area (Å²) < 4.78 is 1.99. The number of hydrogen-bond acceptors (Lipinski definition) is 1. The standard InChI is InChI=1S/C6H9N2/c1-3-8-5-7-4-6(8)2/h4-5H,2-3H2,1H3. The maximum absolute atomic E-state index is 3.89. The van der Waals surface area contributed by atoms with Gasteiger partial charge in [0.25, 0.3) is 0 Å². The van der Waals surface area contributed by atoms with Crippen LogP contribution in [0.2, 0.25) is 0 Å². The Labute approximate surface area is 49.2 Å². The van der Waals surface area contributed by atoms with Crippen molar-refractivity contribution >= 4 is 0 Å². The SMILES string of the molecule is [CH2]c1cncn1CC. The topological polar surface area (TPSA) is 17.8 Å². The minimum absolute atomic E-state index is 0.957. The van der Waals surface area contributed by atoms with Crippen molar-refractivity contribution in [2.45, 2.75) is 13.5 Å². The largest absolute Gasteiger partial charge is 0.335 e. The van der Waals surface area contributed by atoms with Crippen molar-refractivity contribution < 1.29 is 0 Å². The number of imidazole rings is 1. The normalized spacial score (nSPS) is 9.75. The zero-order chi connectivity index (χ0) is 5.98. The second-order valence-corrected chi connectivity index (χ2v) is 1.67. The highest BCUT2D eigenvalue weighted by Crippen LogP contribution is 1.93. The van der Waals surface area contributed by atoms with Gasteiger partial charge in [0.1, 0.15) is 0 Å². The summed E-state index contributed by atoms with van der Waals surface area (Å²) in [6.45, 7) is 6.77. The van der Waals surface area contributed by atoms with Crippen LogP contribution in [0.1, 0.15) is 12.6 Å². The number of hydrogen-bond donors (Lipinski definition) is 0. The first-order valence-electron chi connectivity index (χ1n) is 2.66. The second-order valence-electron chi connectivity index (χ2n) is 1.67. The van der Waals surface area contributed by atoms with Crippen LogP contribution in [0, 0.1) is 6.92 Å². The Morgan fingerprint density at radius 3 is 2.88 bits per heavy atom. The van der Waals surface area contributed by atoms with E-state index in [-0.39, 0.29) is 0 Å². The first kappa shape index (κ1) is 5.35. The fourth-order valence-corrected chi connectivity index (χ4v) is 0.633. The molecular weight excluding hydrogens is 100 g/mol. The van der Waals surface area contributed by atoms with Crippen molar-refractivity contribution in [1.29, 1.82) is 0 Å². The summed E-state index contributed by atoms with van der Waals surface area (Å²) in [5, 5.41) is 0. The summed E-state index contributed by atoms with van der Waals surface area (Å²) in [6, 6.07) is 0. The number of nitrogens with zero attached hydrogens (tertiary/aromatic N) is 2. The highest BCUT2D eigenvalue weighted by atomic mass is 15.0. The average Bonchev–Trinajstić information content (AvgIpc) is 2.14. The summed E-state index contributed by atoms with van der Waals surface area (Å²) in [5.74, 6) is 0. The summed E-state index contributed by atoms with van der Waals surface area (Å²) in [5.41, 5.74) is 0.979. The molecule has 0 unspecified atom stereocenters. The van der Waals surface area contributed by atoms with Crippen LogP contribution in [0.5, 0.6) is 0 Å². The lowest BCUT2D eigenvalue weighted by Crippen LogP contribution is -1.92. The van der Waals surface area contributed by atoms with E-state index in [1.807, 2.05) is 4.57 Å². The molecule has 0 aliphatic heterocycles. The Hall–Kier alpha value is -0.790. The fraction of sp³-hybridized carbons (Fsp3) is 0.333. The zero-order valence-corrected chi connectivity index (χ0v) is 4.96. The van der Waals surface area contributed by atoms with E-state index in [1.54, 1.807) is 12.5 Å². The van der Waals surface area contributed by atoms with Gasteiger partial charge in [-0.05, 0) is 13.8 Å². The number of aryl methyl sites for hydroxylation is 1. The molecule has 0 atom stereocenters. The van der Waals surface area contributed by atoms with E-state index in [9.17, 15) is 0 Å². The summed E-state index contributed by atoms with van der Waals surface area (Å²) in [4.78, 5) is 3.89. The van der Waals surface area contributed by atoms with Gasteiger partial charge in [-0.25, -0.2) is 4.98 Å². The van der Waals surface area contributed by atoms with Crippen LogP contribution < -0.4 is 0 Å². The Balaban J connectivity index is 2.92.